The van der Waals surface area contributed by atoms with E-state index in [1.807, 2.05) is 32.0 Å². The van der Waals surface area contributed by atoms with Crippen LogP contribution in [0.2, 0.25) is 10.0 Å². The molecule has 0 atom stereocenters. The largest absolute Gasteiger partial charge is 0.454 e. The van der Waals surface area contributed by atoms with Gasteiger partial charge >= 0.3 is 0 Å². The Balaban J connectivity index is 1.85. The number of anilines is 1. The fourth-order valence-corrected chi connectivity index (χ4v) is 2.74. The first-order valence-electron chi connectivity index (χ1n) is 7.04. The SMILES string of the molecule is CC(C)(C(=O)Nc1ccc(Cl)cc1Cl)c1ccc2c(c1)OCO2. The van der Waals surface area contributed by atoms with Gasteiger partial charge in [0.2, 0.25) is 12.7 Å². The number of amides is 1. The smallest absolute Gasteiger partial charge is 0.234 e. The lowest BCUT2D eigenvalue weighted by Gasteiger charge is -2.24. The Morgan fingerprint density at radius 1 is 1.09 bits per heavy atom. The summed E-state index contributed by atoms with van der Waals surface area (Å²) in [4.78, 5) is 12.7. The van der Waals surface area contributed by atoms with Gasteiger partial charge in [-0.2, -0.15) is 0 Å². The highest BCUT2D eigenvalue weighted by molar-refractivity contribution is 6.36. The molecule has 2 aromatic rings. The summed E-state index contributed by atoms with van der Waals surface area (Å²) in [7, 11) is 0. The standard InChI is InChI=1S/C17H15Cl2NO3/c1-17(2,10-3-6-14-15(7-10)23-9-22-14)16(21)20-13-5-4-11(18)8-12(13)19/h3-8H,9H2,1-2H3,(H,20,21). The van der Waals surface area contributed by atoms with E-state index in [1.54, 1.807) is 18.2 Å². The summed E-state index contributed by atoms with van der Waals surface area (Å²) in [5.41, 5.74) is 0.573. The van der Waals surface area contributed by atoms with Crippen molar-refractivity contribution in [2.75, 3.05) is 12.1 Å². The molecule has 0 bridgehead atoms. The summed E-state index contributed by atoms with van der Waals surface area (Å²) in [6.07, 6.45) is 0. The van der Waals surface area contributed by atoms with Crippen molar-refractivity contribution in [3.8, 4) is 11.5 Å². The van der Waals surface area contributed by atoms with E-state index in [0.29, 0.717) is 27.2 Å². The molecule has 2 aromatic carbocycles. The molecule has 4 nitrogen and oxygen atoms in total. The number of carbonyl (C=O) groups excluding carboxylic acids is 1. The molecule has 1 aliphatic heterocycles. The van der Waals surface area contributed by atoms with Crippen molar-refractivity contribution in [1.82, 2.24) is 0 Å². The maximum Gasteiger partial charge on any atom is 0.234 e. The van der Waals surface area contributed by atoms with Crippen molar-refractivity contribution in [2.24, 2.45) is 0 Å². The summed E-state index contributed by atoms with van der Waals surface area (Å²) < 4.78 is 10.7. The van der Waals surface area contributed by atoms with Gasteiger partial charge in [0.05, 0.1) is 16.1 Å². The van der Waals surface area contributed by atoms with Gasteiger partial charge in [-0.25, -0.2) is 0 Å². The molecule has 0 aromatic heterocycles. The molecule has 0 saturated carbocycles. The van der Waals surface area contributed by atoms with Crippen molar-refractivity contribution in [3.63, 3.8) is 0 Å². The van der Waals surface area contributed by atoms with Crippen LogP contribution in [-0.4, -0.2) is 12.7 Å². The average Bonchev–Trinajstić information content (AvgIpc) is 2.97. The average molecular weight is 352 g/mol. The molecule has 0 spiro atoms. The number of benzene rings is 2. The van der Waals surface area contributed by atoms with Crippen LogP contribution in [0.25, 0.3) is 0 Å². The first-order valence-corrected chi connectivity index (χ1v) is 7.80. The molecular weight excluding hydrogens is 337 g/mol. The molecule has 120 valence electrons. The van der Waals surface area contributed by atoms with Gasteiger partial charge in [0.1, 0.15) is 0 Å². The first-order chi connectivity index (χ1) is 10.9. The second-order valence-electron chi connectivity index (χ2n) is 5.77. The van der Waals surface area contributed by atoms with E-state index in [4.69, 9.17) is 32.7 Å². The highest BCUT2D eigenvalue weighted by Gasteiger charge is 2.31. The molecule has 0 radical (unpaired) electrons. The monoisotopic (exact) mass is 351 g/mol. The van der Waals surface area contributed by atoms with E-state index in [1.165, 1.54) is 0 Å². The van der Waals surface area contributed by atoms with E-state index >= 15 is 0 Å². The Morgan fingerprint density at radius 3 is 2.57 bits per heavy atom. The van der Waals surface area contributed by atoms with Crippen molar-refractivity contribution in [3.05, 3.63) is 52.0 Å². The maximum absolute atomic E-state index is 12.7. The van der Waals surface area contributed by atoms with E-state index in [0.717, 1.165) is 5.56 Å². The minimum absolute atomic E-state index is 0.180. The van der Waals surface area contributed by atoms with Crippen LogP contribution in [-0.2, 0) is 10.2 Å². The zero-order chi connectivity index (χ0) is 16.6. The number of nitrogens with one attached hydrogen (secondary N) is 1. The molecule has 23 heavy (non-hydrogen) atoms. The Morgan fingerprint density at radius 2 is 1.83 bits per heavy atom. The Labute approximate surface area is 144 Å². The summed E-state index contributed by atoms with van der Waals surface area (Å²) in [6, 6.07) is 10.4. The highest BCUT2D eigenvalue weighted by Crippen LogP contribution is 2.37. The zero-order valence-corrected chi connectivity index (χ0v) is 14.2. The Hall–Kier alpha value is -1.91. The molecule has 0 aliphatic carbocycles. The van der Waals surface area contributed by atoms with Gasteiger partial charge in [-0.15, -0.1) is 0 Å². The predicted octanol–water partition coefficient (Wildman–Crippen LogP) is 4.64. The minimum Gasteiger partial charge on any atom is -0.454 e. The van der Waals surface area contributed by atoms with Gasteiger partial charge in [0.25, 0.3) is 0 Å². The number of rotatable bonds is 3. The third-order valence-corrected chi connectivity index (χ3v) is 4.39. The van der Waals surface area contributed by atoms with E-state index < -0.39 is 5.41 Å². The second-order valence-corrected chi connectivity index (χ2v) is 6.61. The predicted molar refractivity (Wildman–Crippen MR) is 90.7 cm³/mol. The van der Waals surface area contributed by atoms with Crippen LogP contribution < -0.4 is 14.8 Å². The zero-order valence-electron chi connectivity index (χ0n) is 12.7. The van der Waals surface area contributed by atoms with Crippen molar-refractivity contribution in [2.45, 2.75) is 19.3 Å². The fraction of sp³-hybridized carbons (Fsp3) is 0.235. The number of fused-ring (bicyclic) bond motifs is 1. The van der Waals surface area contributed by atoms with Crippen LogP contribution in [0.1, 0.15) is 19.4 Å². The maximum atomic E-state index is 12.7. The van der Waals surface area contributed by atoms with Crippen molar-refractivity contribution in [1.29, 1.82) is 0 Å². The summed E-state index contributed by atoms with van der Waals surface area (Å²) in [5, 5.41) is 3.75. The lowest BCUT2D eigenvalue weighted by Crippen LogP contribution is -2.34. The topological polar surface area (TPSA) is 47.6 Å². The molecule has 3 rings (SSSR count). The van der Waals surface area contributed by atoms with Crippen LogP contribution in [0.5, 0.6) is 11.5 Å². The van der Waals surface area contributed by atoms with Crippen LogP contribution >= 0.6 is 23.2 Å². The number of hydrogen-bond donors (Lipinski definition) is 1. The minimum atomic E-state index is -0.774. The molecule has 1 aliphatic rings. The summed E-state index contributed by atoms with van der Waals surface area (Å²) >= 11 is 12.0. The molecule has 6 heteroatoms. The molecule has 0 unspecified atom stereocenters. The third kappa shape index (κ3) is 3.09. The Bertz CT molecular complexity index is 774. The van der Waals surface area contributed by atoms with E-state index in [-0.39, 0.29) is 12.7 Å². The Kier molecular flexibility index (Phi) is 4.13. The molecule has 1 heterocycles. The van der Waals surface area contributed by atoms with Gasteiger partial charge in [0, 0.05) is 5.02 Å². The van der Waals surface area contributed by atoms with Crippen molar-refractivity contribution >= 4 is 34.8 Å². The first kappa shape index (κ1) is 16.0. The second kappa shape index (κ2) is 5.95. The van der Waals surface area contributed by atoms with Gasteiger partial charge < -0.3 is 14.8 Å². The molecule has 1 N–H and O–H groups in total. The van der Waals surface area contributed by atoms with E-state index in [9.17, 15) is 4.79 Å². The van der Waals surface area contributed by atoms with Crippen LogP contribution in [0, 0.1) is 0 Å². The van der Waals surface area contributed by atoms with Gasteiger partial charge in [-0.3, -0.25) is 4.79 Å². The quantitative estimate of drug-likeness (QED) is 0.876. The number of hydrogen-bond acceptors (Lipinski definition) is 3. The number of carbonyl (C=O) groups is 1. The lowest BCUT2D eigenvalue weighted by molar-refractivity contribution is -0.120. The van der Waals surface area contributed by atoms with E-state index in [2.05, 4.69) is 5.32 Å². The van der Waals surface area contributed by atoms with Gasteiger partial charge in [0.15, 0.2) is 11.5 Å². The lowest BCUT2D eigenvalue weighted by atomic mass is 9.83. The molecular formula is C17H15Cl2NO3. The van der Waals surface area contributed by atoms with Gasteiger partial charge in [-0.05, 0) is 49.7 Å². The fourth-order valence-electron chi connectivity index (χ4n) is 2.29. The summed E-state index contributed by atoms with van der Waals surface area (Å²) in [5.74, 6) is 1.15. The number of halogens is 2. The highest BCUT2D eigenvalue weighted by atomic mass is 35.5. The third-order valence-electron chi connectivity index (χ3n) is 3.84. The van der Waals surface area contributed by atoms with Crippen molar-refractivity contribution < 1.29 is 14.3 Å². The summed E-state index contributed by atoms with van der Waals surface area (Å²) in [6.45, 7) is 3.87. The normalized spacial score (nSPS) is 13.0. The number of ether oxygens (including phenoxy) is 2. The molecule has 0 saturated heterocycles. The van der Waals surface area contributed by atoms with Gasteiger partial charge in [-0.1, -0.05) is 29.3 Å². The molecule has 0 fully saturated rings. The van der Waals surface area contributed by atoms with Crippen LogP contribution in [0.3, 0.4) is 0 Å². The molecule has 1 amide bonds. The van der Waals surface area contributed by atoms with Crippen LogP contribution in [0.4, 0.5) is 5.69 Å². The van der Waals surface area contributed by atoms with Crippen LogP contribution in [0.15, 0.2) is 36.4 Å².